The summed E-state index contributed by atoms with van der Waals surface area (Å²) in [6.07, 6.45) is 0. The number of hydrogen-bond acceptors (Lipinski definition) is 5. The lowest BCUT2D eigenvalue weighted by molar-refractivity contribution is -0.119. The van der Waals surface area contributed by atoms with Crippen molar-refractivity contribution in [2.45, 2.75) is 25.7 Å². The Labute approximate surface area is 128 Å². The minimum Gasteiger partial charge on any atom is -0.273 e. The fraction of sp³-hybridized carbons (Fsp3) is 0.417. The second kappa shape index (κ2) is 4.96. The van der Waals surface area contributed by atoms with E-state index >= 15 is 0 Å². The van der Waals surface area contributed by atoms with E-state index in [2.05, 4.69) is 0 Å². The van der Waals surface area contributed by atoms with E-state index in [0.717, 1.165) is 4.31 Å². The minimum atomic E-state index is -3.94. The monoisotopic (exact) mass is 351 g/mol. The number of aryl methyl sites for hydroxylation is 2. The van der Waals surface area contributed by atoms with E-state index in [1.165, 1.54) is 32.9 Å². The zero-order valence-electron chi connectivity index (χ0n) is 11.6. The Bertz CT molecular complexity index is 806. The molecule has 6 nitrogen and oxygen atoms in total. The van der Waals surface area contributed by atoms with Crippen LogP contribution in [0.5, 0.6) is 0 Å². The first-order valence-corrected chi connectivity index (χ1v) is 10.00. The molecule has 0 aliphatic carbocycles. The summed E-state index contributed by atoms with van der Waals surface area (Å²) in [6.45, 7) is 4.54. The molecule has 0 bridgehead atoms. The van der Waals surface area contributed by atoms with Gasteiger partial charge in [-0.25, -0.2) is 21.1 Å². The van der Waals surface area contributed by atoms with E-state index in [9.17, 15) is 21.6 Å². The Balaban J connectivity index is 2.66. The highest BCUT2D eigenvalue weighted by atomic mass is 35.7. The molecule has 1 aliphatic heterocycles. The number of benzene rings is 1. The molecule has 21 heavy (non-hydrogen) atoms. The molecule has 1 heterocycles. The van der Waals surface area contributed by atoms with Crippen molar-refractivity contribution in [3.05, 3.63) is 23.3 Å². The average Bonchev–Trinajstić information content (AvgIpc) is 2.44. The van der Waals surface area contributed by atoms with Crippen molar-refractivity contribution in [2.75, 3.05) is 10.1 Å². The molecule has 1 fully saturated rings. The van der Waals surface area contributed by atoms with Crippen molar-refractivity contribution >= 4 is 41.4 Å². The zero-order chi connectivity index (χ0) is 16.2. The van der Waals surface area contributed by atoms with Gasteiger partial charge in [-0.2, -0.15) is 0 Å². The van der Waals surface area contributed by atoms with Crippen molar-refractivity contribution in [3.8, 4) is 0 Å². The molecule has 1 aromatic rings. The number of amides is 1. The van der Waals surface area contributed by atoms with Gasteiger partial charge in [-0.05, 0) is 37.1 Å². The van der Waals surface area contributed by atoms with Gasteiger partial charge in [-0.15, -0.1) is 0 Å². The maximum Gasteiger partial charge on any atom is 0.261 e. The molecule has 2 rings (SSSR count). The summed E-state index contributed by atoms with van der Waals surface area (Å²) in [4.78, 5) is 12.0. The third kappa shape index (κ3) is 2.79. The Morgan fingerprint density at radius 2 is 1.71 bits per heavy atom. The number of halogens is 1. The summed E-state index contributed by atoms with van der Waals surface area (Å²) >= 11 is 0. The van der Waals surface area contributed by atoms with Gasteiger partial charge in [0.2, 0.25) is 15.9 Å². The van der Waals surface area contributed by atoms with Gasteiger partial charge >= 0.3 is 0 Å². The van der Waals surface area contributed by atoms with Crippen LogP contribution in [0.1, 0.15) is 18.1 Å². The molecule has 1 atom stereocenters. The Morgan fingerprint density at radius 3 is 2.05 bits per heavy atom. The molecule has 1 aromatic carbocycles. The molecule has 1 amide bonds. The first kappa shape index (κ1) is 16.3. The molecular weight excluding hydrogens is 338 g/mol. The topological polar surface area (TPSA) is 88.6 Å². The van der Waals surface area contributed by atoms with Crippen LogP contribution in [-0.2, 0) is 23.9 Å². The first-order chi connectivity index (χ1) is 9.45. The number of rotatable bonds is 2. The minimum absolute atomic E-state index is 0.0648. The van der Waals surface area contributed by atoms with E-state index < -0.39 is 30.9 Å². The number of carbonyl (C=O) groups is 1. The van der Waals surface area contributed by atoms with Crippen LogP contribution in [0.15, 0.2) is 17.0 Å². The van der Waals surface area contributed by atoms with Gasteiger partial charge in [-0.3, -0.25) is 4.79 Å². The number of anilines is 1. The highest BCUT2D eigenvalue weighted by Gasteiger charge is 2.42. The van der Waals surface area contributed by atoms with Crippen LogP contribution in [0.4, 0.5) is 5.69 Å². The van der Waals surface area contributed by atoms with Crippen LogP contribution >= 0.6 is 10.7 Å². The predicted octanol–water partition coefficient (Wildman–Crippen LogP) is 1.54. The standard InChI is InChI=1S/C12H14ClNO5S2/c1-7-4-10(5-8(2)11(7)21(13,18)19)14-12(15)9(3)6-20(14,16)17/h4-5,9H,6H2,1-3H3. The maximum absolute atomic E-state index is 12.0. The summed E-state index contributed by atoms with van der Waals surface area (Å²) < 4.78 is 47.9. The first-order valence-electron chi connectivity index (χ1n) is 6.08. The molecule has 0 saturated carbocycles. The highest BCUT2D eigenvalue weighted by Crippen LogP contribution is 2.33. The Morgan fingerprint density at radius 1 is 1.24 bits per heavy atom. The summed E-state index contributed by atoms with van der Waals surface area (Å²) in [6, 6.07) is 2.69. The number of sulfonamides is 1. The number of nitrogens with zero attached hydrogens (tertiary/aromatic N) is 1. The van der Waals surface area contributed by atoms with Crippen LogP contribution < -0.4 is 4.31 Å². The van der Waals surface area contributed by atoms with E-state index in [1.807, 2.05) is 0 Å². The summed E-state index contributed by atoms with van der Waals surface area (Å²) in [5, 5.41) is 0. The molecular formula is C12H14ClNO5S2. The number of carbonyl (C=O) groups excluding carboxylic acids is 1. The molecule has 1 aliphatic rings. The lowest BCUT2D eigenvalue weighted by Crippen LogP contribution is -2.30. The fourth-order valence-electron chi connectivity index (χ4n) is 2.52. The maximum atomic E-state index is 12.0. The molecule has 0 aromatic heterocycles. The van der Waals surface area contributed by atoms with Gasteiger partial charge in [0.25, 0.3) is 9.05 Å². The van der Waals surface area contributed by atoms with Crippen molar-refractivity contribution in [3.63, 3.8) is 0 Å². The lowest BCUT2D eigenvalue weighted by Gasteiger charge is -2.18. The van der Waals surface area contributed by atoms with Gasteiger partial charge in [0.05, 0.1) is 22.3 Å². The van der Waals surface area contributed by atoms with Crippen LogP contribution in [-0.4, -0.2) is 28.5 Å². The van der Waals surface area contributed by atoms with Crippen molar-refractivity contribution in [1.82, 2.24) is 0 Å². The van der Waals surface area contributed by atoms with Crippen molar-refractivity contribution < 1.29 is 21.6 Å². The zero-order valence-corrected chi connectivity index (χ0v) is 14.0. The summed E-state index contributed by atoms with van der Waals surface area (Å²) in [5.74, 6) is -1.39. The molecule has 1 unspecified atom stereocenters. The molecule has 0 radical (unpaired) electrons. The second-order valence-corrected chi connectivity index (χ2v) is 9.49. The van der Waals surface area contributed by atoms with Crippen molar-refractivity contribution in [1.29, 1.82) is 0 Å². The third-order valence-electron chi connectivity index (χ3n) is 3.28. The molecule has 0 spiro atoms. The highest BCUT2D eigenvalue weighted by molar-refractivity contribution is 8.13. The largest absolute Gasteiger partial charge is 0.273 e. The smallest absolute Gasteiger partial charge is 0.261 e. The fourth-order valence-corrected chi connectivity index (χ4v) is 5.94. The van der Waals surface area contributed by atoms with E-state index in [1.54, 1.807) is 0 Å². The van der Waals surface area contributed by atoms with Crippen LogP contribution in [0, 0.1) is 19.8 Å². The Kier molecular flexibility index (Phi) is 3.84. The molecule has 0 N–H and O–H groups in total. The number of hydrogen-bond donors (Lipinski definition) is 0. The quantitative estimate of drug-likeness (QED) is 0.754. The predicted molar refractivity (Wildman–Crippen MR) is 79.4 cm³/mol. The van der Waals surface area contributed by atoms with Crippen LogP contribution in [0.3, 0.4) is 0 Å². The van der Waals surface area contributed by atoms with Gasteiger partial charge in [0, 0.05) is 10.7 Å². The van der Waals surface area contributed by atoms with E-state index in [0.29, 0.717) is 11.1 Å². The van der Waals surface area contributed by atoms with Crippen molar-refractivity contribution in [2.24, 2.45) is 5.92 Å². The SMILES string of the molecule is Cc1cc(N2C(=O)C(C)CS2(=O)=O)cc(C)c1S(=O)(=O)Cl. The summed E-state index contributed by atoms with van der Waals surface area (Å²) in [7, 11) is -2.29. The van der Waals surface area contributed by atoms with Crippen LogP contribution in [0.2, 0.25) is 0 Å². The lowest BCUT2D eigenvalue weighted by atomic mass is 10.1. The van der Waals surface area contributed by atoms with Gasteiger partial charge in [-0.1, -0.05) is 6.92 Å². The molecule has 1 saturated heterocycles. The summed E-state index contributed by atoms with van der Waals surface area (Å²) in [5.41, 5.74) is 0.730. The van der Waals surface area contributed by atoms with E-state index in [-0.39, 0.29) is 16.3 Å². The van der Waals surface area contributed by atoms with Crippen LogP contribution in [0.25, 0.3) is 0 Å². The van der Waals surface area contributed by atoms with Gasteiger partial charge < -0.3 is 0 Å². The normalized spacial score (nSPS) is 21.8. The Hall–Kier alpha value is -1.12. The second-order valence-electron chi connectivity index (χ2n) is 5.13. The van der Waals surface area contributed by atoms with Gasteiger partial charge in [0.15, 0.2) is 0 Å². The third-order valence-corrected chi connectivity index (χ3v) is 6.75. The van der Waals surface area contributed by atoms with Gasteiger partial charge in [0.1, 0.15) is 0 Å². The molecule has 116 valence electrons. The molecule has 9 heteroatoms. The van der Waals surface area contributed by atoms with E-state index in [4.69, 9.17) is 10.7 Å². The average molecular weight is 352 g/mol.